The van der Waals surface area contributed by atoms with E-state index in [1.165, 1.54) is 4.90 Å². The summed E-state index contributed by atoms with van der Waals surface area (Å²) in [5, 5.41) is 8.85. The molecule has 1 aliphatic carbocycles. The molecular formula is C13H22F2N2O3. The molecule has 0 aromatic carbocycles. The second-order valence-corrected chi connectivity index (χ2v) is 5.59. The Morgan fingerprint density at radius 2 is 1.75 bits per heavy atom. The lowest BCUT2D eigenvalue weighted by atomic mass is 9.86. The highest BCUT2D eigenvalue weighted by Gasteiger charge is 2.38. The van der Waals surface area contributed by atoms with E-state index in [1.54, 1.807) is 0 Å². The van der Waals surface area contributed by atoms with Crippen LogP contribution in [0.2, 0.25) is 0 Å². The summed E-state index contributed by atoms with van der Waals surface area (Å²) < 4.78 is 26.2. The van der Waals surface area contributed by atoms with Crippen LogP contribution >= 0.6 is 0 Å². The highest BCUT2D eigenvalue weighted by atomic mass is 19.3. The number of aliphatic carboxylic acids is 1. The molecule has 0 unspecified atom stereocenters. The summed E-state index contributed by atoms with van der Waals surface area (Å²) in [6.07, 6.45) is -0.330. The summed E-state index contributed by atoms with van der Waals surface area (Å²) in [6, 6.07) is 0. The number of halogens is 2. The van der Waals surface area contributed by atoms with Gasteiger partial charge in [-0.05, 0) is 26.9 Å². The first-order valence-electron chi connectivity index (χ1n) is 6.74. The quantitative estimate of drug-likeness (QED) is 0.801. The van der Waals surface area contributed by atoms with Gasteiger partial charge < -0.3 is 14.9 Å². The van der Waals surface area contributed by atoms with Crippen molar-refractivity contribution in [1.82, 2.24) is 9.80 Å². The molecule has 0 atom stereocenters. The fourth-order valence-corrected chi connectivity index (χ4v) is 2.30. The minimum atomic E-state index is -2.68. The van der Waals surface area contributed by atoms with Crippen molar-refractivity contribution in [3.8, 4) is 0 Å². The molecule has 1 saturated carbocycles. The van der Waals surface area contributed by atoms with Gasteiger partial charge in [-0.25, -0.2) is 8.78 Å². The van der Waals surface area contributed by atoms with Crippen molar-refractivity contribution >= 4 is 11.9 Å². The molecule has 0 spiro atoms. The van der Waals surface area contributed by atoms with E-state index in [-0.39, 0.29) is 38.1 Å². The molecule has 116 valence electrons. The van der Waals surface area contributed by atoms with Crippen LogP contribution in [0, 0.1) is 5.92 Å². The summed E-state index contributed by atoms with van der Waals surface area (Å²) in [7, 11) is 3.65. The largest absolute Gasteiger partial charge is 0.480 e. The van der Waals surface area contributed by atoms with Crippen molar-refractivity contribution in [2.45, 2.75) is 31.6 Å². The lowest BCUT2D eigenvalue weighted by Gasteiger charge is -2.31. The molecule has 1 fully saturated rings. The van der Waals surface area contributed by atoms with Gasteiger partial charge in [0.05, 0.1) is 0 Å². The van der Waals surface area contributed by atoms with Gasteiger partial charge in [-0.3, -0.25) is 9.59 Å². The van der Waals surface area contributed by atoms with E-state index in [0.29, 0.717) is 13.1 Å². The lowest BCUT2D eigenvalue weighted by Crippen LogP contribution is -2.44. The first-order valence-corrected chi connectivity index (χ1v) is 6.74. The maximum Gasteiger partial charge on any atom is 0.323 e. The van der Waals surface area contributed by atoms with Crippen LogP contribution in [0.25, 0.3) is 0 Å². The zero-order valence-electron chi connectivity index (χ0n) is 11.9. The summed E-state index contributed by atoms with van der Waals surface area (Å²) in [6.45, 7) is 0.465. The van der Waals surface area contributed by atoms with Crippen molar-refractivity contribution in [2.75, 3.05) is 33.7 Å². The highest BCUT2D eigenvalue weighted by molar-refractivity contribution is 5.83. The predicted octanol–water partition coefficient (Wildman–Crippen LogP) is 1.29. The van der Waals surface area contributed by atoms with Gasteiger partial charge in [-0.2, -0.15) is 0 Å². The monoisotopic (exact) mass is 292 g/mol. The van der Waals surface area contributed by atoms with Crippen molar-refractivity contribution in [3.05, 3.63) is 0 Å². The third-order valence-electron chi connectivity index (χ3n) is 3.52. The van der Waals surface area contributed by atoms with Gasteiger partial charge >= 0.3 is 5.97 Å². The van der Waals surface area contributed by atoms with Gasteiger partial charge in [0.2, 0.25) is 11.8 Å². The van der Waals surface area contributed by atoms with Gasteiger partial charge in [-0.15, -0.1) is 0 Å². The Bertz CT molecular complexity index is 352. The summed E-state index contributed by atoms with van der Waals surface area (Å²) in [4.78, 5) is 26.2. The van der Waals surface area contributed by atoms with Gasteiger partial charge in [0, 0.05) is 31.8 Å². The number of hydrogen-bond donors (Lipinski definition) is 1. The molecule has 1 aliphatic rings. The number of alkyl halides is 2. The number of nitrogens with zero attached hydrogens (tertiary/aromatic N) is 2. The highest BCUT2D eigenvalue weighted by Crippen LogP contribution is 2.36. The van der Waals surface area contributed by atoms with E-state index in [4.69, 9.17) is 5.11 Å². The molecule has 0 bridgehead atoms. The van der Waals surface area contributed by atoms with Gasteiger partial charge in [0.1, 0.15) is 6.54 Å². The minimum absolute atomic E-state index is 0.129. The van der Waals surface area contributed by atoms with Crippen LogP contribution < -0.4 is 0 Å². The smallest absolute Gasteiger partial charge is 0.323 e. The molecule has 7 heteroatoms. The van der Waals surface area contributed by atoms with E-state index in [1.807, 2.05) is 19.0 Å². The van der Waals surface area contributed by atoms with Crippen LogP contribution in [0.4, 0.5) is 8.78 Å². The molecule has 1 rings (SSSR count). The van der Waals surface area contributed by atoms with Crippen LogP contribution in [0.5, 0.6) is 0 Å². The average molecular weight is 292 g/mol. The van der Waals surface area contributed by atoms with Crippen molar-refractivity contribution in [1.29, 1.82) is 0 Å². The maximum absolute atomic E-state index is 13.1. The molecule has 0 saturated heterocycles. The Kier molecular flexibility index (Phi) is 5.86. The van der Waals surface area contributed by atoms with E-state index in [0.717, 1.165) is 0 Å². The number of likely N-dealkylation sites (N-methyl/N-ethyl adjacent to an activating group) is 1. The van der Waals surface area contributed by atoms with Crippen molar-refractivity contribution in [2.24, 2.45) is 5.92 Å². The maximum atomic E-state index is 13.1. The van der Waals surface area contributed by atoms with E-state index < -0.39 is 17.8 Å². The van der Waals surface area contributed by atoms with E-state index in [2.05, 4.69) is 0 Å². The molecule has 1 N–H and O–H groups in total. The molecule has 1 amide bonds. The molecule has 0 aromatic heterocycles. The molecule has 0 radical (unpaired) electrons. The van der Waals surface area contributed by atoms with Crippen LogP contribution in [-0.2, 0) is 9.59 Å². The Morgan fingerprint density at radius 3 is 2.20 bits per heavy atom. The molecule has 20 heavy (non-hydrogen) atoms. The zero-order valence-corrected chi connectivity index (χ0v) is 11.9. The topological polar surface area (TPSA) is 60.9 Å². The number of carbonyl (C=O) groups is 2. The van der Waals surface area contributed by atoms with Crippen molar-refractivity contribution in [3.63, 3.8) is 0 Å². The first-order chi connectivity index (χ1) is 9.21. The minimum Gasteiger partial charge on any atom is -0.480 e. The Labute approximate surface area is 117 Å². The Morgan fingerprint density at radius 1 is 1.20 bits per heavy atom. The van der Waals surface area contributed by atoms with Crippen LogP contribution in [-0.4, -0.2) is 66.4 Å². The first kappa shape index (κ1) is 16.8. The van der Waals surface area contributed by atoms with Crippen molar-refractivity contribution < 1.29 is 23.5 Å². The fraction of sp³-hybridized carbons (Fsp3) is 0.846. The second-order valence-electron chi connectivity index (χ2n) is 5.59. The van der Waals surface area contributed by atoms with Crippen LogP contribution in [0.3, 0.4) is 0 Å². The second kappa shape index (κ2) is 6.97. The standard InChI is InChI=1S/C13H22F2N2O3/c1-16(2)7-8-17(9-11(18)19)12(20)10-3-5-13(14,15)6-4-10/h10H,3-9H2,1-2H3,(H,18,19). The van der Waals surface area contributed by atoms with Gasteiger partial charge in [-0.1, -0.05) is 0 Å². The molecule has 0 heterocycles. The number of amides is 1. The van der Waals surface area contributed by atoms with Crippen LogP contribution in [0.1, 0.15) is 25.7 Å². The molecule has 0 aliphatic heterocycles. The summed E-state index contributed by atoms with van der Waals surface area (Å²) in [5.74, 6) is -4.56. The zero-order chi connectivity index (χ0) is 15.3. The summed E-state index contributed by atoms with van der Waals surface area (Å²) in [5.41, 5.74) is 0. The predicted molar refractivity (Wildman–Crippen MR) is 69.7 cm³/mol. The SMILES string of the molecule is CN(C)CCN(CC(=O)O)C(=O)C1CCC(F)(F)CC1. The van der Waals surface area contributed by atoms with Crippen LogP contribution in [0.15, 0.2) is 0 Å². The summed E-state index contributed by atoms with van der Waals surface area (Å²) >= 11 is 0. The van der Waals surface area contributed by atoms with E-state index >= 15 is 0 Å². The third kappa shape index (κ3) is 5.40. The number of hydrogen-bond acceptors (Lipinski definition) is 3. The third-order valence-corrected chi connectivity index (χ3v) is 3.52. The molecule has 5 nitrogen and oxygen atoms in total. The number of carbonyl (C=O) groups excluding carboxylic acids is 1. The molecular weight excluding hydrogens is 270 g/mol. The number of carboxylic acids is 1. The van der Waals surface area contributed by atoms with Gasteiger partial charge in [0.15, 0.2) is 0 Å². The average Bonchev–Trinajstić information content (AvgIpc) is 2.33. The Hall–Kier alpha value is -1.24. The fourth-order valence-electron chi connectivity index (χ4n) is 2.30. The lowest BCUT2D eigenvalue weighted by molar-refractivity contribution is -0.148. The molecule has 0 aromatic rings. The normalized spacial score (nSPS) is 19.1. The number of carboxylic acid groups (broad SMARTS) is 1. The van der Waals surface area contributed by atoms with Gasteiger partial charge in [0.25, 0.3) is 0 Å². The Balaban J connectivity index is 2.60. The van der Waals surface area contributed by atoms with E-state index in [9.17, 15) is 18.4 Å². The number of rotatable bonds is 6.